The van der Waals surface area contributed by atoms with Crippen LogP contribution >= 0.6 is 0 Å². The molecule has 3 amide bonds. The standard InChI is InChI=1S/C21H23N3O2/c25-20-7-4-13-24(20)19-10-8-18(9-11-19)22-21(26)23-14-12-17(15-23)16-5-2-1-3-6-16/h1-3,5-6,8-11,17H,4,7,12-15H2,(H,22,26)/t17-/m1/s1. The molecule has 0 radical (unpaired) electrons. The van der Waals surface area contributed by atoms with Crippen molar-refractivity contribution in [2.45, 2.75) is 25.2 Å². The number of benzene rings is 2. The van der Waals surface area contributed by atoms with Gasteiger partial charge in [0, 0.05) is 43.3 Å². The van der Waals surface area contributed by atoms with Gasteiger partial charge in [0.2, 0.25) is 5.91 Å². The zero-order chi connectivity index (χ0) is 17.9. The number of amides is 3. The number of anilines is 2. The van der Waals surface area contributed by atoms with Crippen LogP contribution in [0.3, 0.4) is 0 Å². The van der Waals surface area contributed by atoms with Crippen LogP contribution < -0.4 is 10.2 Å². The van der Waals surface area contributed by atoms with Crippen molar-refractivity contribution in [3.05, 3.63) is 60.2 Å². The molecule has 0 spiro atoms. The summed E-state index contributed by atoms with van der Waals surface area (Å²) in [5, 5.41) is 2.97. The second kappa shape index (κ2) is 7.20. The van der Waals surface area contributed by atoms with Crippen LogP contribution in [0.15, 0.2) is 54.6 Å². The average Bonchev–Trinajstić information content (AvgIpc) is 3.32. The van der Waals surface area contributed by atoms with Gasteiger partial charge in [-0.05, 0) is 42.7 Å². The molecule has 134 valence electrons. The van der Waals surface area contributed by atoms with Gasteiger partial charge < -0.3 is 15.1 Å². The maximum Gasteiger partial charge on any atom is 0.321 e. The summed E-state index contributed by atoms with van der Waals surface area (Å²) < 4.78 is 0. The summed E-state index contributed by atoms with van der Waals surface area (Å²) in [7, 11) is 0. The molecule has 26 heavy (non-hydrogen) atoms. The molecule has 2 heterocycles. The van der Waals surface area contributed by atoms with Crippen LogP contribution in [0.1, 0.15) is 30.7 Å². The monoisotopic (exact) mass is 349 g/mol. The lowest BCUT2D eigenvalue weighted by atomic mass is 9.99. The van der Waals surface area contributed by atoms with Crippen molar-refractivity contribution in [2.75, 3.05) is 29.9 Å². The lowest BCUT2D eigenvalue weighted by Crippen LogP contribution is -2.32. The smallest absolute Gasteiger partial charge is 0.321 e. The molecule has 5 nitrogen and oxygen atoms in total. The van der Waals surface area contributed by atoms with E-state index in [0.717, 1.165) is 43.9 Å². The SMILES string of the molecule is O=C(Nc1ccc(N2CCCC2=O)cc1)N1CC[C@@H](c2ccccc2)C1. The summed E-state index contributed by atoms with van der Waals surface area (Å²) in [6.07, 6.45) is 2.53. The van der Waals surface area contributed by atoms with Crippen LogP contribution in [0.2, 0.25) is 0 Å². The molecule has 0 aliphatic carbocycles. The topological polar surface area (TPSA) is 52.7 Å². The highest BCUT2D eigenvalue weighted by Gasteiger charge is 2.27. The number of hydrogen-bond donors (Lipinski definition) is 1. The predicted octanol–water partition coefficient (Wildman–Crippen LogP) is 3.83. The fraction of sp³-hybridized carbons (Fsp3) is 0.333. The van der Waals surface area contributed by atoms with Crippen LogP contribution in [0.5, 0.6) is 0 Å². The largest absolute Gasteiger partial charge is 0.324 e. The summed E-state index contributed by atoms with van der Waals surface area (Å²) in [5.74, 6) is 0.580. The van der Waals surface area contributed by atoms with Gasteiger partial charge >= 0.3 is 6.03 Å². The Kier molecular flexibility index (Phi) is 4.61. The number of nitrogens with zero attached hydrogens (tertiary/aromatic N) is 2. The Morgan fingerprint density at radius 1 is 1.00 bits per heavy atom. The first-order valence-electron chi connectivity index (χ1n) is 9.22. The van der Waals surface area contributed by atoms with E-state index in [-0.39, 0.29) is 11.9 Å². The van der Waals surface area contributed by atoms with E-state index in [1.807, 2.05) is 47.4 Å². The Balaban J connectivity index is 1.35. The molecule has 1 N–H and O–H groups in total. The second-order valence-electron chi connectivity index (χ2n) is 6.97. The number of carbonyl (C=O) groups excluding carboxylic acids is 2. The molecule has 0 bridgehead atoms. The van der Waals surface area contributed by atoms with Crippen molar-refractivity contribution in [1.29, 1.82) is 0 Å². The Labute approximate surface area is 153 Å². The lowest BCUT2D eigenvalue weighted by Gasteiger charge is -2.19. The zero-order valence-electron chi connectivity index (χ0n) is 14.7. The molecule has 2 fully saturated rings. The van der Waals surface area contributed by atoms with Gasteiger partial charge in [-0.1, -0.05) is 30.3 Å². The number of rotatable bonds is 3. The van der Waals surface area contributed by atoms with E-state index in [4.69, 9.17) is 0 Å². The van der Waals surface area contributed by atoms with E-state index in [9.17, 15) is 9.59 Å². The number of hydrogen-bond acceptors (Lipinski definition) is 2. The fourth-order valence-corrected chi connectivity index (χ4v) is 3.79. The molecule has 0 saturated carbocycles. The third-order valence-corrected chi connectivity index (χ3v) is 5.25. The van der Waals surface area contributed by atoms with Gasteiger partial charge in [0.25, 0.3) is 0 Å². The first-order chi connectivity index (χ1) is 12.7. The first-order valence-corrected chi connectivity index (χ1v) is 9.22. The molecule has 0 unspecified atom stereocenters. The van der Waals surface area contributed by atoms with Crippen LogP contribution in [0.4, 0.5) is 16.2 Å². The number of urea groups is 1. The quantitative estimate of drug-likeness (QED) is 0.915. The molecule has 2 aromatic carbocycles. The summed E-state index contributed by atoms with van der Waals surface area (Å²) in [4.78, 5) is 28.0. The molecular weight excluding hydrogens is 326 g/mol. The van der Waals surface area contributed by atoms with Crippen molar-refractivity contribution in [3.8, 4) is 0 Å². The normalized spacial score (nSPS) is 19.8. The van der Waals surface area contributed by atoms with E-state index in [1.54, 1.807) is 4.90 Å². The summed E-state index contributed by atoms with van der Waals surface area (Å²) >= 11 is 0. The molecule has 4 rings (SSSR count). The molecule has 2 aliphatic heterocycles. The van der Waals surface area contributed by atoms with Crippen LogP contribution in [0, 0.1) is 0 Å². The van der Waals surface area contributed by atoms with Crippen LogP contribution in [0.25, 0.3) is 0 Å². The number of carbonyl (C=O) groups is 2. The molecular formula is C21H23N3O2. The average molecular weight is 349 g/mol. The van der Waals surface area contributed by atoms with Crippen LogP contribution in [-0.2, 0) is 4.79 Å². The highest BCUT2D eigenvalue weighted by Crippen LogP contribution is 2.28. The Morgan fingerprint density at radius 2 is 1.77 bits per heavy atom. The van der Waals surface area contributed by atoms with Gasteiger partial charge in [0.15, 0.2) is 0 Å². The fourth-order valence-electron chi connectivity index (χ4n) is 3.79. The molecule has 2 aromatic rings. The van der Waals surface area contributed by atoms with Gasteiger partial charge in [0.1, 0.15) is 0 Å². The first kappa shape index (κ1) is 16.6. The zero-order valence-corrected chi connectivity index (χ0v) is 14.7. The highest BCUT2D eigenvalue weighted by atomic mass is 16.2. The Hall–Kier alpha value is -2.82. The minimum absolute atomic E-state index is 0.0616. The van der Waals surface area contributed by atoms with Gasteiger partial charge in [-0.2, -0.15) is 0 Å². The number of nitrogens with one attached hydrogen (secondary N) is 1. The van der Waals surface area contributed by atoms with Crippen LogP contribution in [-0.4, -0.2) is 36.5 Å². The van der Waals surface area contributed by atoms with Crippen molar-refractivity contribution in [3.63, 3.8) is 0 Å². The van der Waals surface area contributed by atoms with E-state index < -0.39 is 0 Å². The third kappa shape index (κ3) is 3.43. The van der Waals surface area contributed by atoms with Crippen molar-refractivity contribution >= 4 is 23.3 Å². The minimum Gasteiger partial charge on any atom is -0.324 e. The minimum atomic E-state index is -0.0616. The maximum atomic E-state index is 12.5. The Bertz CT molecular complexity index is 789. The molecule has 5 heteroatoms. The highest BCUT2D eigenvalue weighted by molar-refractivity contribution is 5.96. The molecule has 1 atom stereocenters. The van der Waals surface area contributed by atoms with E-state index in [1.165, 1.54) is 5.56 Å². The van der Waals surface area contributed by atoms with Crippen molar-refractivity contribution < 1.29 is 9.59 Å². The predicted molar refractivity (Wildman–Crippen MR) is 102 cm³/mol. The molecule has 2 saturated heterocycles. The summed E-state index contributed by atoms with van der Waals surface area (Å²) in [6.45, 7) is 2.29. The molecule has 0 aromatic heterocycles. The van der Waals surface area contributed by atoms with E-state index in [0.29, 0.717) is 12.3 Å². The lowest BCUT2D eigenvalue weighted by molar-refractivity contribution is -0.117. The van der Waals surface area contributed by atoms with Crippen molar-refractivity contribution in [2.24, 2.45) is 0 Å². The Morgan fingerprint density at radius 3 is 2.46 bits per heavy atom. The third-order valence-electron chi connectivity index (χ3n) is 5.25. The maximum absolute atomic E-state index is 12.5. The summed E-state index contributed by atoms with van der Waals surface area (Å²) in [5.41, 5.74) is 2.95. The number of likely N-dealkylation sites (tertiary alicyclic amines) is 1. The van der Waals surface area contributed by atoms with Gasteiger partial charge in [-0.25, -0.2) is 4.79 Å². The van der Waals surface area contributed by atoms with Crippen molar-refractivity contribution in [1.82, 2.24) is 4.90 Å². The van der Waals surface area contributed by atoms with Gasteiger partial charge in [-0.3, -0.25) is 4.79 Å². The summed E-state index contributed by atoms with van der Waals surface area (Å²) in [6, 6.07) is 17.8. The van der Waals surface area contributed by atoms with E-state index in [2.05, 4.69) is 17.4 Å². The van der Waals surface area contributed by atoms with Gasteiger partial charge in [-0.15, -0.1) is 0 Å². The molecule has 2 aliphatic rings. The van der Waals surface area contributed by atoms with Gasteiger partial charge in [0.05, 0.1) is 0 Å². The second-order valence-corrected chi connectivity index (χ2v) is 6.97. The van der Waals surface area contributed by atoms with E-state index >= 15 is 0 Å².